The number of nitrogens with zero attached hydrogens (tertiary/aromatic N) is 4. The predicted molar refractivity (Wildman–Crippen MR) is 97.5 cm³/mol. The van der Waals surface area contributed by atoms with Gasteiger partial charge in [0.05, 0.1) is 24.7 Å². The molecule has 3 rings (SSSR count). The van der Waals surface area contributed by atoms with E-state index in [0.29, 0.717) is 51.6 Å². The number of nitrogens with one attached hydrogen (secondary N) is 1. The zero-order valence-electron chi connectivity index (χ0n) is 15.0. The summed E-state index contributed by atoms with van der Waals surface area (Å²) in [5.41, 5.74) is 0.298. The summed E-state index contributed by atoms with van der Waals surface area (Å²) in [4.78, 5) is 40.5. The molecule has 1 aromatic rings. The molecule has 2 aliphatic rings. The first-order valence-electron chi connectivity index (χ1n) is 8.91. The predicted octanol–water partition coefficient (Wildman–Crippen LogP) is 0.603. The Morgan fingerprint density at radius 2 is 1.74 bits per heavy atom. The number of hydrogen-bond acceptors (Lipinski definition) is 6. The standard InChI is InChI=1S/C17H23N5O5/c23-16(13-19-8-10-27-11-9-19)20-4-6-21(7-5-20)17(24)18-14-2-1-3-15(12-14)22(25)26/h1-3,12H,4-11,13H2,(H,18,24). The van der Waals surface area contributed by atoms with Gasteiger partial charge in [0.2, 0.25) is 5.91 Å². The highest BCUT2D eigenvalue weighted by Crippen LogP contribution is 2.17. The molecule has 10 heteroatoms. The quantitative estimate of drug-likeness (QED) is 0.608. The fourth-order valence-corrected chi connectivity index (χ4v) is 3.11. The van der Waals surface area contributed by atoms with Crippen molar-refractivity contribution in [1.29, 1.82) is 0 Å². The number of anilines is 1. The SMILES string of the molecule is O=C(CN1CCOCC1)N1CCN(C(=O)Nc2cccc([N+](=O)[O-])c2)CC1. The van der Waals surface area contributed by atoms with Crippen LogP contribution in [0, 0.1) is 10.1 Å². The van der Waals surface area contributed by atoms with Gasteiger partial charge in [-0.2, -0.15) is 0 Å². The van der Waals surface area contributed by atoms with E-state index in [1.165, 1.54) is 18.2 Å². The van der Waals surface area contributed by atoms with Crippen molar-refractivity contribution in [2.45, 2.75) is 0 Å². The Balaban J connectivity index is 1.46. The molecule has 1 aromatic carbocycles. The monoisotopic (exact) mass is 377 g/mol. The van der Waals surface area contributed by atoms with Gasteiger partial charge in [0.15, 0.2) is 0 Å². The Labute approximate surface area is 156 Å². The molecule has 1 N–H and O–H groups in total. The average Bonchev–Trinajstić information content (AvgIpc) is 2.69. The van der Waals surface area contributed by atoms with E-state index in [9.17, 15) is 19.7 Å². The highest BCUT2D eigenvalue weighted by Gasteiger charge is 2.26. The number of ether oxygens (including phenoxy) is 1. The molecule has 0 spiro atoms. The van der Waals surface area contributed by atoms with Crippen molar-refractivity contribution in [3.63, 3.8) is 0 Å². The number of amides is 3. The Morgan fingerprint density at radius 3 is 2.41 bits per heavy atom. The summed E-state index contributed by atoms with van der Waals surface area (Å²) in [6, 6.07) is 5.49. The van der Waals surface area contributed by atoms with Crippen molar-refractivity contribution in [1.82, 2.24) is 14.7 Å². The molecule has 10 nitrogen and oxygen atoms in total. The van der Waals surface area contributed by atoms with Crippen LogP contribution in [-0.4, -0.2) is 90.6 Å². The molecular formula is C17H23N5O5. The number of hydrogen-bond donors (Lipinski definition) is 1. The maximum Gasteiger partial charge on any atom is 0.321 e. The first-order valence-corrected chi connectivity index (χ1v) is 8.91. The van der Waals surface area contributed by atoms with E-state index < -0.39 is 4.92 Å². The fourth-order valence-electron chi connectivity index (χ4n) is 3.11. The van der Waals surface area contributed by atoms with Crippen LogP contribution >= 0.6 is 0 Å². The molecule has 0 radical (unpaired) electrons. The first-order chi connectivity index (χ1) is 13.0. The van der Waals surface area contributed by atoms with Crippen LogP contribution < -0.4 is 5.32 Å². The number of carbonyl (C=O) groups is 2. The minimum Gasteiger partial charge on any atom is -0.379 e. The van der Waals surface area contributed by atoms with Crippen LogP contribution in [0.1, 0.15) is 0 Å². The summed E-state index contributed by atoms with van der Waals surface area (Å²) in [5, 5.41) is 13.5. The molecule has 2 saturated heterocycles. The molecular weight excluding hydrogens is 354 g/mol. The summed E-state index contributed by atoms with van der Waals surface area (Å²) in [6.45, 7) is 5.01. The number of carbonyl (C=O) groups excluding carboxylic acids is 2. The van der Waals surface area contributed by atoms with E-state index in [4.69, 9.17) is 4.74 Å². The van der Waals surface area contributed by atoms with Crippen molar-refractivity contribution in [3.05, 3.63) is 34.4 Å². The molecule has 2 heterocycles. The number of nitro groups is 1. The van der Waals surface area contributed by atoms with E-state index in [1.54, 1.807) is 15.9 Å². The van der Waals surface area contributed by atoms with Gasteiger partial charge < -0.3 is 19.9 Å². The Kier molecular flexibility index (Phi) is 6.20. The zero-order valence-corrected chi connectivity index (χ0v) is 15.0. The summed E-state index contributed by atoms with van der Waals surface area (Å²) >= 11 is 0. The van der Waals surface area contributed by atoms with Crippen molar-refractivity contribution in [2.24, 2.45) is 0 Å². The van der Waals surface area contributed by atoms with Crippen molar-refractivity contribution < 1.29 is 19.2 Å². The van der Waals surface area contributed by atoms with Gasteiger partial charge in [-0.1, -0.05) is 6.07 Å². The molecule has 2 aliphatic heterocycles. The second kappa shape index (κ2) is 8.78. The number of rotatable bonds is 4. The van der Waals surface area contributed by atoms with Crippen molar-refractivity contribution >= 4 is 23.3 Å². The minimum absolute atomic E-state index is 0.0654. The molecule has 2 fully saturated rings. The number of benzene rings is 1. The second-order valence-electron chi connectivity index (χ2n) is 6.49. The Morgan fingerprint density at radius 1 is 1.07 bits per heavy atom. The van der Waals surface area contributed by atoms with Crippen molar-refractivity contribution in [3.8, 4) is 0 Å². The molecule has 0 aliphatic carbocycles. The number of non-ortho nitro benzene ring substituents is 1. The van der Waals surface area contributed by atoms with Crippen LogP contribution in [0.5, 0.6) is 0 Å². The third-order valence-corrected chi connectivity index (χ3v) is 4.69. The summed E-state index contributed by atoms with van der Waals surface area (Å²) in [6.07, 6.45) is 0. The van der Waals surface area contributed by atoms with Crippen LogP contribution in [0.2, 0.25) is 0 Å². The molecule has 0 bridgehead atoms. The fraction of sp³-hybridized carbons (Fsp3) is 0.529. The molecule has 0 saturated carbocycles. The van der Waals surface area contributed by atoms with Gasteiger partial charge in [0.25, 0.3) is 5.69 Å². The molecule has 0 aromatic heterocycles. The van der Waals surface area contributed by atoms with Crippen molar-refractivity contribution in [2.75, 3.05) is 64.3 Å². The topological polar surface area (TPSA) is 108 Å². The lowest BCUT2D eigenvalue weighted by atomic mass is 10.2. The highest BCUT2D eigenvalue weighted by atomic mass is 16.6. The van der Waals surface area contributed by atoms with Gasteiger partial charge in [-0.25, -0.2) is 4.79 Å². The lowest BCUT2D eigenvalue weighted by Gasteiger charge is -2.36. The smallest absolute Gasteiger partial charge is 0.321 e. The van der Waals surface area contributed by atoms with E-state index in [1.807, 2.05) is 0 Å². The normalized spacial score (nSPS) is 18.2. The van der Waals surface area contributed by atoms with Gasteiger partial charge >= 0.3 is 6.03 Å². The van der Waals surface area contributed by atoms with E-state index >= 15 is 0 Å². The third kappa shape index (κ3) is 5.14. The summed E-state index contributed by atoms with van der Waals surface area (Å²) < 4.78 is 5.28. The number of piperazine rings is 1. The lowest BCUT2D eigenvalue weighted by molar-refractivity contribution is -0.384. The Hall–Kier alpha value is -2.72. The van der Waals surface area contributed by atoms with Crippen LogP contribution in [0.25, 0.3) is 0 Å². The van der Waals surface area contributed by atoms with Gasteiger partial charge in [0.1, 0.15) is 0 Å². The number of morpholine rings is 1. The van der Waals surface area contributed by atoms with Gasteiger partial charge in [-0.05, 0) is 6.07 Å². The maximum absolute atomic E-state index is 12.4. The average molecular weight is 377 g/mol. The molecule has 0 atom stereocenters. The zero-order chi connectivity index (χ0) is 19.2. The maximum atomic E-state index is 12.4. The van der Waals surface area contributed by atoms with Crippen LogP contribution in [0.15, 0.2) is 24.3 Å². The van der Waals surface area contributed by atoms with E-state index in [2.05, 4.69) is 10.2 Å². The molecule has 3 amide bonds. The number of urea groups is 1. The van der Waals surface area contributed by atoms with Crippen LogP contribution in [0.4, 0.5) is 16.2 Å². The van der Waals surface area contributed by atoms with Gasteiger partial charge in [-0.3, -0.25) is 19.8 Å². The third-order valence-electron chi connectivity index (χ3n) is 4.69. The highest BCUT2D eigenvalue weighted by molar-refractivity contribution is 5.90. The van der Waals surface area contributed by atoms with Gasteiger partial charge in [0, 0.05) is 57.1 Å². The van der Waals surface area contributed by atoms with Crippen LogP contribution in [-0.2, 0) is 9.53 Å². The summed E-state index contributed by atoms with van der Waals surface area (Å²) in [7, 11) is 0. The Bertz CT molecular complexity index is 699. The lowest BCUT2D eigenvalue weighted by Crippen LogP contribution is -2.54. The molecule has 0 unspecified atom stereocenters. The van der Waals surface area contributed by atoms with Gasteiger partial charge in [-0.15, -0.1) is 0 Å². The van der Waals surface area contributed by atoms with E-state index in [0.717, 1.165) is 13.1 Å². The number of nitro benzene ring substituents is 1. The minimum atomic E-state index is -0.505. The van der Waals surface area contributed by atoms with Crippen LogP contribution in [0.3, 0.4) is 0 Å². The molecule has 27 heavy (non-hydrogen) atoms. The summed E-state index contributed by atoms with van der Waals surface area (Å²) in [5.74, 6) is 0.0654. The largest absolute Gasteiger partial charge is 0.379 e. The molecule has 146 valence electrons. The second-order valence-corrected chi connectivity index (χ2v) is 6.49. The van der Waals surface area contributed by atoms with E-state index in [-0.39, 0.29) is 17.6 Å². The first kappa shape index (κ1) is 19.1.